The maximum Gasteiger partial charge on any atom is 0.241 e. The fourth-order valence-corrected chi connectivity index (χ4v) is 4.02. The molecule has 1 heterocycles. The van der Waals surface area contributed by atoms with Gasteiger partial charge in [-0.15, -0.1) is 0 Å². The van der Waals surface area contributed by atoms with Crippen molar-refractivity contribution in [1.82, 2.24) is 15.4 Å². The lowest BCUT2D eigenvalue weighted by molar-refractivity contribution is -0.124. The van der Waals surface area contributed by atoms with E-state index < -0.39 is 16.1 Å². The topological polar surface area (TPSA) is 87.3 Å². The number of hydrogen-bond donors (Lipinski definition) is 3. The number of carbonyl (C=O) groups excluding carboxylic acids is 1. The van der Waals surface area contributed by atoms with Crippen LogP contribution in [0.1, 0.15) is 26.2 Å². The summed E-state index contributed by atoms with van der Waals surface area (Å²) < 4.78 is 27.7. The smallest absolute Gasteiger partial charge is 0.241 e. The van der Waals surface area contributed by atoms with Crippen molar-refractivity contribution in [2.45, 2.75) is 37.1 Å². The molecule has 0 aliphatic carbocycles. The molecule has 1 amide bonds. The number of hydrogen-bond acceptors (Lipinski definition) is 4. The third-order valence-corrected chi connectivity index (χ3v) is 5.48. The maximum atomic E-state index is 12.6. The Morgan fingerprint density at radius 3 is 2.52 bits per heavy atom. The normalized spacial score (nSPS) is 17.6. The average molecular weight is 339 g/mol. The number of nitrogens with one attached hydrogen (secondary N) is 3. The van der Waals surface area contributed by atoms with Crippen molar-refractivity contribution in [3.05, 3.63) is 30.3 Å². The van der Waals surface area contributed by atoms with E-state index in [1.54, 1.807) is 18.2 Å². The first kappa shape index (κ1) is 17.9. The van der Waals surface area contributed by atoms with E-state index in [4.69, 9.17) is 0 Å². The Morgan fingerprint density at radius 1 is 1.26 bits per heavy atom. The third kappa shape index (κ3) is 5.02. The van der Waals surface area contributed by atoms with Crippen molar-refractivity contribution in [3.8, 4) is 0 Å². The molecule has 1 saturated heterocycles. The van der Waals surface area contributed by atoms with Crippen LogP contribution in [-0.4, -0.2) is 40.0 Å². The van der Waals surface area contributed by atoms with Crippen LogP contribution in [0.5, 0.6) is 0 Å². The van der Waals surface area contributed by atoms with Crippen LogP contribution in [0.3, 0.4) is 0 Å². The molecule has 0 radical (unpaired) electrons. The molecule has 0 bridgehead atoms. The van der Waals surface area contributed by atoms with Crippen LogP contribution in [0.25, 0.3) is 0 Å². The van der Waals surface area contributed by atoms with E-state index in [1.807, 2.05) is 6.92 Å². The highest BCUT2D eigenvalue weighted by Crippen LogP contribution is 2.19. The van der Waals surface area contributed by atoms with Gasteiger partial charge in [0, 0.05) is 6.54 Å². The fraction of sp³-hybridized carbons (Fsp3) is 0.562. The summed E-state index contributed by atoms with van der Waals surface area (Å²) in [5.74, 6) is -0.232. The summed E-state index contributed by atoms with van der Waals surface area (Å²) >= 11 is 0. The molecule has 1 atom stereocenters. The molecular weight excluding hydrogens is 314 g/mol. The molecule has 1 aromatic rings. The van der Waals surface area contributed by atoms with Crippen LogP contribution in [0, 0.1) is 5.92 Å². The first-order chi connectivity index (χ1) is 11.0. The Balaban J connectivity index is 2.17. The molecule has 1 fully saturated rings. The van der Waals surface area contributed by atoms with E-state index in [9.17, 15) is 13.2 Å². The standard InChI is InChI=1S/C16H25N3O3S/c1-2-10-18-16(20)15(13-8-11-17-12-9-13)19-23(21,22)14-6-4-3-5-7-14/h3-7,13,15,17,19H,2,8-12H2,1H3,(H,18,20). The highest BCUT2D eigenvalue weighted by atomic mass is 32.2. The number of amides is 1. The van der Waals surface area contributed by atoms with Crippen molar-refractivity contribution in [2.24, 2.45) is 5.92 Å². The van der Waals surface area contributed by atoms with Crippen molar-refractivity contribution in [3.63, 3.8) is 0 Å². The van der Waals surface area contributed by atoms with E-state index in [0.29, 0.717) is 6.54 Å². The molecule has 2 rings (SSSR count). The molecule has 0 spiro atoms. The summed E-state index contributed by atoms with van der Waals surface area (Å²) in [7, 11) is -3.71. The first-order valence-corrected chi connectivity index (χ1v) is 9.58. The molecule has 7 heteroatoms. The molecule has 0 saturated carbocycles. The second kappa shape index (κ2) is 8.42. The monoisotopic (exact) mass is 339 g/mol. The molecule has 23 heavy (non-hydrogen) atoms. The SMILES string of the molecule is CCCNC(=O)C(NS(=O)(=O)c1ccccc1)C1CCNCC1. The zero-order valence-electron chi connectivity index (χ0n) is 13.4. The number of carbonyl (C=O) groups is 1. The van der Waals surface area contributed by atoms with Crippen LogP contribution >= 0.6 is 0 Å². The lowest BCUT2D eigenvalue weighted by Crippen LogP contribution is -2.53. The molecule has 1 unspecified atom stereocenters. The second-order valence-corrected chi connectivity index (χ2v) is 7.50. The predicted octanol–water partition coefficient (Wildman–Crippen LogP) is 0.859. The summed E-state index contributed by atoms with van der Waals surface area (Å²) in [6.45, 7) is 4.12. The molecular formula is C16H25N3O3S. The number of rotatable bonds is 7. The van der Waals surface area contributed by atoms with Crippen molar-refractivity contribution in [2.75, 3.05) is 19.6 Å². The highest BCUT2D eigenvalue weighted by molar-refractivity contribution is 7.89. The third-order valence-electron chi connectivity index (χ3n) is 4.02. The van der Waals surface area contributed by atoms with Gasteiger partial charge in [-0.2, -0.15) is 4.72 Å². The van der Waals surface area contributed by atoms with Gasteiger partial charge in [0.1, 0.15) is 6.04 Å². The minimum Gasteiger partial charge on any atom is -0.355 e. The molecule has 0 aromatic heterocycles. The Bertz CT molecular complexity index is 598. The molecule has 6 nitrogen and oxygen atoms in total. The quantitative estimate of drug-likeness (QED) is 0.688. The van der Waals surface area contributed by atoms with E-state index in [1.165, 1.54) is 12.1 Å². The highest BCUT2D eigenvalue weighted by Gasteiger charge is 2.33. The van der Waals surface area contributed by atoms with Crippen LogP contribution in [0.4, 0.5) is 0 Å². The number of benzene rings is 1. The fourth-order valence-electron chi connectivity index (χ4n) is 2.73. The summed E-state index contributed by atoms with van der Waals surface area (Å²) in [4.78, 5) is 12.6. The summed E-state index contributed by atoms with van der Waals surface area (Å²) in [6, 6.07) is 7.44. The summed E-state index contributed by atoms with van der Waals surface area (Å²) in [5.41, 5.74) is 0. The molecule has 3 N–H and O–H groups in total. The number of sulfonamides is 1. The zero-order chi connectivity index (χ0) is 16.7. The molecule has 128 valence electrons. The largest absolute Gasteiger partial charge is 0.355 e. The summed E-state index contributed by atoms with van der Waals surface area (Å²) in [5, 5.41) is 6.05. The Morgan fingerprint density at radius 2 is 1.91 bits per heavy atom. The second-order valence-electron chi connectivity index (χ2n) is 5.79. The van der Waals surface area contributed by atoms with Gasteiger partial charge in [0.15, 0.2) is 0 Å². The van der Waals surface area contributed by atoms with E-state index in [0.717, 1.165) is 32.4 Å². The Kier molecular flexibility index (Phi) is 6.56. The lowest BCUT2D eigenvalue weighted by atomic mass is 9.90. The maximum absolute atomic E-state index is 12.6. The minimum absolute atomic E-state index is 0.00610. The van der Waals surface area contributed by atoms with Gasteiger partial charge >= 0.3 is 0 Å². The number of piperidine rings is 1. The Hall–Kier alpha value is -1.44. The van der Waals surface area contributed by atoms with E-state index in [2.05, 4.69) is 15.4 Å². The zero-order valence-corrected chi connectivity index (χ0v) is 14.2. The van der Waals surface area contributed by atoms with Gasteiger partial charge in [0.05, 0.1) is 4.90 Å². The molecule has 1 aliphatic heterocycles. The van der Waals surface area contributed by atoms with E-state index >= 15 is 0 Å². The Labute approximate surface area is 138 Å². The van der Waals surface area contributed by atoms with Crippen molar-refractivity contribution < 1.29 is 13.2 Å². The first-order valence-electron chi connectivity index (χ1n) is 8.10. The van der Waals surface area contributed by atoms with Crippen LogP contribution < -0.4 is 15.4 Å². The van der Waals surface area contributed by atoms with Crippen LogP contribution in [0.2, 0.25) is 0 Å². The van der Waals surface area contributed by atoms with Gasteiger partial charge in [0.25, 0.3) is 0 Å². The van der Waals surface area contributed by atoms with Crippen molar-refractivity contribution in [1.29, 1.82) is 0 Å². The van der Waals surface area contributed by atoms with Gasteiger partial charge in [0.2, 0.25) is 15.9 Å². The molecule has 1 aromatic carbocycles. The minimum atomic E-state index is -3.71. The van der Waals surface area contributed by atoms with E-state index in [-0.39, 0.29) is 16.7 Å². The lowest BCUT2D eigenvalue weighted by Gasteiger charge is -2.30. The van der Waals surface area contributed by atoms with Gasteiger partial charge in [-0.1, -0.05) is 25.1 Å². The van der Waals surface area contributed by atoms with Gasteiger partial charge in [-0.25, -0.2) is 8.42 Å². The van der Waals surface area contributed by atoms with Crippen LogP contribution in [0.15, 0.2) is 35.2 Å². The molecule has 1 aliphatic rings. The van der Waals surface area contributed by atoms with Gasteiger partial charge in [-0.3, -0.25) is 4.79 Å². The van der Waals surface area contributed by atoms with Gasteiger partial charge in [-0.05, 0) is 50.4 Å². The van der Waals surface area contributed by atoms with Crippen LogP contribution in [-0.2, 0) is 14.8 Å². The summed E-state index contributed by atoms with van der Waals surface area (Å²) in [6.07, 6.45) is 2.37. The van der Waals surface area contributed by atoms with Gasteiger partial charge < -0.3 is 10.6 Å². The predicted molar refractivity (Wildman–Crippen MR) is 89.4 cm³/mol. The average Bonchev–Trinajstić information content (AvgIpc) is 2.59. The van der Waals surface area contributed by atoms with Crippen molar-refractivity contribution >= 4 is 15.9 Å².